The van der Waals surface area contributed by atoms with Crippen LogP contribution in [0.3, 0.4) is 0 Å². The lowest BCUT2D eigenvalue weighted by atomic mass is 9.91. The van der Waals surface area contributed by atoms with Crippen molar-refractivity contribution in [3.8, 4) is 0 Å². The number of aliphatic hydroxyl groups excluding tert-OH is 1. The maximum atomic E-state index is 12.2. The zero-order chi connectivity index (χ0) is 29.2. The molecule has 2 amide bonds. The molecule has 1 fully saturated rings. The predicted octanol–water partition coefficient (Wildman–Crippen LogP) is 3.76. The molecule has 0 unspecified atom stereocenters. The Morgan fingerprint density at radius 1 is 1.00 bits per heavy atom. The molecule has 0 spiro atoms. The molecule has 0 radical (unpaired) electrons. The van der Waals surface area contributed by atoms with Gasteiger partial charge in [-0.25, -0.2) is 4.79 Å². The van der Waals surface area contributed by atoms with Gasteiger partial charge in [0.05, 0.1) is 25.4 Å². The largest absolute Gasteiger partial charge is 0.618 e. The third-order valence-electron chi connectivity index (χ3n) is 6.71. The van der Waals surface area contributed by atoms with Crippen LogP contribution in [0.25, 0.3) is 0 Å². The highest BCUT2D eigenvalue weighted by molar-refractivity contribution is 7.99. The normalized spacial score (nSPS) is 20.3. The summed E-state index contributed by atoms with van der Waals surface area (Å²) in [5, 5.41) is 27.4. The average molecular weight is 582 g/mol. The van der Waals surface area contributed by atoms with Crippen LogP contribution in [0.4, 0.5) is 4.79 Å². The van der Waals surface area contributed by atoms with E-state index in [4.69, 9.17) is 14.2 Å². The number of ether oxygens (including phenoxy) is 3. The lowest BCUT2D eigenvalue weighted by Crippen LogP contribution is -2.39. The molecule has 11 heteroatoms. The van der Waals surface area contributed by atoms with Crippen molar-refractivity contribution in [2.75, 3.05) is 18.9 Å². The minimum absolute atomic E-state index is 0.0147. The van der Waals surface area contributed by atoms with Crippen molar-refractivity contribution >= 4 is 23.8 Å². The number of nitrogens with zero attached hydrogens (tertiary/aromatic N) is 1. The highest BCUT2D eigenvalue weighted by Crippen LogP contribution is 2.42. The lowest BCUT2D eigenvalue weighted by molar-refractivity contribution is -0.645. The van der Waals surface area contributed by atoms with Crippen molar-refractivity contribution in [1.29, 1.82) is 0 Å². The molecule has 2 aromatic carbocycles. The van der Waals surface area contributed by atoms with Crippen molar-refractivity contribution in [2.24, 2.45) is 5.92 Å². The van der Waals surface area contributed by atoms with E-state index >= 15 is 0 Å². The zero-order valence-electron chi connectivity index (χ0n) is 23.0. The maximum Gasteiger partial charge on any atom is 0.325 e. The molecule has 218 valence electrons. The van der Waals surface area contributed by atoms with E-state index in [1.165, 1.54) is 18.0 Å². The number of amides is 2. The molecule has 0 saturated carbocycles. The van der Waals surface area contributed by atoms with E-state index in [-0.39, 0.29) is 44.4 Å². The number of pyridine rings is 1. The molecule has 4 atom stereocenters. The Morgan fingerprint density at radius 2 is 1.71 bits per heavy atom. The van der Waals surface area contributed by atoms with Crippen LogP contribution in [0.5, 0.6) is 0 Å². The molecule has 10 nitrogen and oxygen atoms in total. The Labute approximate surface area is 243 Å². The molecule has 1 aliphatic rings. The van der Waals surface area contributed by atoms with Crippen molar-refractivity contribution in [3.05, 3.63) is 100 Å². The molecule has 41 heavy (non-hydrogen) atoms. The van der Waals surface area contributed by atoms with Gasteiger partial charge in [0.25, 0.3) is 5.03 Å². The summed E-state index contributed by atoms with van der Waals surface area (Å²) in [6.07, 6.45) is 0.340. The third-order valence-corrected chi connectivity index (χ3v) is 7.82. The minimum Gasteiger partial charge on any atom is -0.618 e. The van der Waals surface area contributed by atoms with Crippen molar-refractivity contribution < 1.29 is 33.6 Å². The van der Waals surface area contributed by atoms with E-state index in [0.29, 0.717) is 10.8 Å². The van der Waals surface area contributed by atoms with E-state index in [1.54, 1.807) is 19.1 Å². The standard InChI is InChI=1S/C30H35N3O7S/c1-3-38-27(35)17-32-30(36)31-16-21-7-13-24(14-8-21)29-39-25(19-41-26-6-4-5-15-33(26)37)20(2)28(40-29)23-11-9-22(18-34)10-12-23/h4-15,20,25,28-29,34H,3,16-19H2,1-2H3,(H2,31,32,36)/t20-,25+,28+,29+/m1/s1. The first-order chi connectivity index (χ1) is 19.9. The van der Waals surface area contributed by atoms with Crippen molar-refractivity contribution in [3.63, 3.8) is 0 Å². The van der Waals surface area contributed by atoms with Gasteiger partial charge in [-0.1, -0.05) is 67.2 Å². The number of aliphatic hydroxyl groups is 1. The number of carbonyl (C=O) groups excluding carboxylic acids is 2. The third kappa shape index (κ3) is 8.43. The average Bonchev–Trinajstić information content (AvgIpc) is 2.99. The molecule has 2 heterocycles. The van der Waals surface area contributed by atoms with E-state index in [1.807, 2.05) is 54.6 Å². The minimum atomic E-state index is -0.649. The second kappa shape index (κ2) is 14.8. The fourth-order valence-electron chi connectivity index (χ4n) is 4.40. The summed E-state index contributed by atoms with van der Waals surface area (Å²) < 4.78 is 18.6. The van der Waals surface area contributed by atoms with Gasteiger partial charge in [-0.05, 0) is 29.7 Å². The Hall–Kier alpha value is -3.64. The first kappa shape index (κ1) is 30.3. The number of rotatable bonds is 11. The molecular weight excluding hydrogens is 546 g/mol. The van der Waals surface area contributed by atoms with Crippen LogP contribution in [-0.4, -0.2) is 42.1 Å². The van der Waals surface area contributed by atoms with E-state index in [2.05, 4.69) is 17.6 Å². The SMILES string of the molecule is CCOC(=O)CNC(=O)NCc1ccc([C@H]2O[C@@H](CSc3cccc[n+]3[O-])[C@@H](C)[C@@H](c3ccc(CO)cc3)O2)cc1. The van der Waals surface area contributed by atoms with Gasteiger partial charge in [0.2, 0.25) is 0 Å². The number of benzene rings is 2. The van der Waals surface area contributed by atoms with Crippen LogP contribution in [0.15, 0.2) is 78.0 Å². The van der Waals surface area contributed by atoms with Gasteiger partial charge >= 0.3 is 12.0 Å². The summed E-state index contributed by atoms with van der Waals surface area (Å²) in [6.45, 7) is 4.06. The fourth-order valence-corrected chi connectivity index (χ4v) is 5.48. The number of nitrogens with one attached hydrogen (secondary N) is 2. The van der Waals surface area contributed by atoms with Gasteiger partial charge < -0.3 is 35.2 Å². The van der Waals surface area contributed by atoms with Crippen LogP contribution >= 0.6 is 11.8 Å². The van der Waals surface area contributed by atoms with Gasteiger partial charge in [0.15, 0.2) is 12.5 Å². The van der Waals surface area contributed by atoms with Crippen LogP contribution in [-0.2, 0) is 32.2 Å². The van der Waals surface area contributed by atoms with Crippen LogP contribution in [0.1, 0.15) is 48.5 Å². The number of hydrogen-bond donors (Lipinski definition) is 3. The number of aromatic nitrogens is 1. The topological polar surface area (TPSA) is 133 Å². The number of thioether (sulfide) groups is 1. The maximum absolute atomic E-state index is 12.2. The fraction of sp³-hybridized carbons (Fsp3) is 0.367. The summed E-state index contributed by atoms with van der Waals surface area (Å²) in [6, 6.07) is 20.1. The first-order valence-electron chi connectivity index (χ1n) is 13.5. The summed E-state index contributed by atoms with van der Waals surface area (Å²) >= 11 is 1.44. The molecule has 3 aromatic rings. The monoisotopic (exact) mass is 581 g/mol. The number of esters is 1. The summed E-state index contributed by atoms with van der Waals surface area (Å²) in [7, 11) is 0. The predicted molar refractivity (Wildman–Crippen MR) is 152 cm³/mol. The van der Waals surface area contributed by atoms with E-state index < -0.39 is 18.3 Å². The Morgan fingerprint density at radius 3 is 2.39 bits per heavy atom. The van der Waals surface area contributed by atoms with E-state index in [0.717, 1.165) is 27.0 Å². The van der Waals surface area contributed by atoms with Crippen LogP contribution in [0.2, 0.25) is 0 Å². The zero-order valence-corrected chi connectivity index (χ0v) is 23.8. The Bertz CT molecular complexity index is 1290. The number of hydrogen-bond acceptors (Lipinski definition) is 8. The first-order valence-corrected chi connectivity index (χ1v) is 14.4. The lowest BCUT2D eigenvalue weighted by Gasteiger charge is -2.41. The second-order valence-corrected chi connectivity index (χ2v) is 10.6. The molecule has 0 bridgehead atoms. The van der Waals surface area contributed by atoms with Crippen molar-refractivity contribution in [1.82, 2.24) is 10.6 Å². The van der Waals surface area contributed by atoms with Gasteiger partial charge in [0, 0.05) is 35.9 Å². The van der Waals surface area contributed by atoms with E-state index in [9.17, 15) is 19.9 Å². The Balaban J connectivity index is 1.44. The number of urea groups is 1. The molecular formula is C30H35N3O7S. The van der Waals surface area contributed by atoms with Gasteiger partial charge in [0.1, 0.15) is 6.54 Å². The second-order valence-electron chi connectivity index (χ2n) is 9.58. The van der Waals surface area contributed by atoms with Crippen molar-refractivity contribution in [2.45, 2.75) is 50.5 Å². The van der Waals surface area contributed by atoms with Gasteiger partial charge in [-0.2, -0.15) is 4.73 Å². The van der Waals surface area contributed by atoms with Crippen LogP contribution < -0.4 is 15.4 Å². The highest BCUT2D eigenvalue weighted by atomic mass is 32.2. The van der Waals surface area contributed by atoms with Gasteiger partial charge in [-0.3, -0.25) is 4.79 Å². The number of carbonyl (C=O) groups is 2. The molecule has 3 N–H and O–H groups in total. The molecule has 1 aromatic heterocycles. The molecule has 0 aliphatic carbocycles. The molecule has 4 rings (SSSR count). The summed E-state index contributed by atoms with van der Waals surface area (Å²) in [5.41, 5.74) is 3.47. The molecule has 1 aliphatic heterocycles. The van der Waals surface area contributed by atoms with Gasteiger partial charge in [-0.15, -0.1) is 0 Å². The van der Waals surface area contributed by atoms with Crippen LogP contribution in [0, 0.1) is 11.1 Å². The summed E-state index contributed by atoms with van der Waals surface area (Å²) in [4.78, 5) is 23.4. The quantitative estimate of drug-likeness (QED) is 0.135. The molecule has 1 saturated heterocycles. The summed E-state index contributed by atoms with van der Waals surface area (Å²) in [5.74, 6) is 0.0461. The smallest absolute Gasteiger partial charge is 0.325 e. The highest BCUT2D eigenvalue weighted by Gasteiger charge is 2.38. The Kier molecular flexibility index (Phi) is 11.0.